The first-order valence-electron chi connectivity index (χ1n) is 10.8. The van der Waals surface area contributed by atoms with Crippen LogP contribution in [-0.2, 0) is 0 Å². The standard InChI is InChI=1S/C17H31F.C6H2F4/c1-2-3-14-4-8-16(9-5-14)17-10-6-15(7-11-17)12-13-18;7-3-1-4(8)6(10)5(9)2-3/h14-17H,2-13H2,1H3;1-2H. The van der Waals surface area contributed by atoms with Gasteiger partial charge < -0.3 is 0 Å². The van der Waals surface area contributed by atoms with E-state index < -0.39 is 23.3 Å². The molecule has 0 amide bonds. The molecule has 28 heavy (non-hydrogen) atoms. The van der Waals surface area contributed by atoms with Crippen molar-refractivity contribution < 1.29 is 22.0 Å². The van der Waals surface area contributed by atoms with Crippen molar-refractivity contribution in [2.75, 3.05) is 6.67 Å². The Morgan fingerprint density at radius 1 is 0.714 bits per heavy atom. The molecule has 0 saturated heterocycles. The first-order valence-corrected chi connectivity index (χ1v) is 10.8. The maximum atomic E-state index is 12.3. The molecule has 1 aromatic rings. The third-order valence-electron chi connectivity index (χ3n) is 6.61. The second-order valence-corrected chi connectivity index (χ2v) is 8.51. The third-order valence-corrected chi connectivity index (χ3v) is 6.61. The largest absolute Gasteiger partial charge is 0.251 e. The molecule has 2 aliphatic rings. The molecule has 0 spiro atoms. The van der Waals surface area contributed by atoms with Crippen molar-refractivity contribution in [3.05, 3.63) is 35.4 Å². The summed E-state index contributed by atoms with van der Waals surface area (Å²) in [5, 5.41) is 0. The van der Waals surface area contributed by atoms with Crippen LogP contribution in [0.1, 0.15) is 77.6 Å². The van der Waals surface area contributed by atoms with Crippen LogP contribution < -0.4 is 0 Å². The zero-order valence-corrected chi connectivity index (χ0v) is 16.8. The maximum absolute atomic E-state index is 12.3. The van der Waals surface area contributed by atoms with Gasteiger partial charge in [-0.15, -0.1) is 0 Å². The van der Waals surface area contributed by atoms with Gasteiger partial charge in [0, 0.05) is 12.1 Å². The van der Waals surface area contributed by atoms with Gasteiger partial charge in [0.25, 0.3) is 0 Å². The van der Waals surface area contributed by atoms with E-state index in [0.717, 1.165) is 24.2 Å². The average Bonchev–Trinajstić information content (AvgIpc) is 2.68. The molecule has 5 heteroatoms. The van der Waals surface area contributed by atoms with Crippen molar-refractivity contribution >= 4 is 0 Å². The number of benzene rings is 1. The molecule has 0 bridgehead atoms. The van der Waals surface area contributed by atoms with Crippen molar-refractivity contribution in [1.82, 2.24) is 0 Å². The maximum Gasteiger partial charge on any atom is 0.194 e. The molecular weight excluding hydrogens is 371 g/mol. The lowest BCUT2D eigenvalue weighted by Gasteiger charge is -2.37. The Bertz CT molecular complexity index is 525. The molecule has 0 N–H and O–H groups in total. The van der Waals surface area contributed by atoms with Gasteiger partial charge in [0.15, 0.2) is 17.5 Å². The highest BCUT2D eigenvalue weighted by Gasteiger charge is 2.30. The van der Waals surface area contributed by atoms with Crippen molar-refractivity contribution in [2.24, 2.45) is 23.7 Å². The molecule has 3 rings (SSSR count). The van der Waals surface area contributed by atoms with Crippen LogP contribution in [-0.4, -0.2) is 6.67 Å². The highest BCUT2D eigenvalue weighted by molar-refractivity contribution is 5.10. The van der Waals surface area contributed by atoms with Crippen molar-refractivity contribution in [1.29, 1.82) is 0 Å². The Morgan fingerprint density at radius 3 is 1.54 bits per heavy atom. The van der Waals surface area contributed by atoms with Gasteiger partial charge in [0.2, 0.25) is 0 Å². The van der Waals surface area contributed by atoms with Crippen LogP contribution in [0.15, 0.2) is 12.1 Å². The molecule has 160 valence electrons. The number of halogens is 5. The molecule has 0 nitrogen and oxygen atoms in total. The number of alkyl halides is 1. The Hall–Kier alpha value is -1.13. The van der Waals surface area contributed by atoms with Crippen LogP contribution in [0.25, 0.3) is 0 Å². The second kappa shape index (κ2) is 11.8. The fraction of sp³-hybridized carbons (Fsp3) is 0.739. The highest BCUT2D eigenvalue weighted by Crippen LogP contribution is 2.42. The van der Waals surface area contributed by atoms with Crippen molar-refractivity contribution in [2.45, 2.75) is 77.6 Å². The van der Waals surface area contributed by atoms with Crippen LogP contribution >= 0.6 is 0 Å². The summed E-state index contributed by atoms with van der Waals surface area (Å²) in [6.45, 7) is 2.22. The van der Waals surface area contributed by atoms with Crippen LogP contribution in [0.4, 0.5) is 22.0 Å². The fourth-order valence-corrected chi connectivity index (χ4v) is 4.98. The smallest absolute Gasteiger partial charge is 0.194 e. The summed E-state index contributed by atoms with van der Waals surface area (Å²) in [7, 11) is 0. The van der Waals surface area contributed by atoms with Crippen LogP contribution in [0.2, 0.25) is 0 Å². The second-order valence-electron chi connectivity index (χ2n) is 8.51. The molecule has 0 heterocycles. The van der Waals surface area contributed by atoms with Gasteiger partial charge in [-0.3, -0.25) is 4.39 Å². The van der Waals surface area contributed by atoms with Gasteiger partial charge in [-0.2, -0.15) is 0 Å². The topological polar surface area (TPSA) is 0 Å². The summed E-state index contributed by atoms with van der Waals surface area (Å²) in [4.78, 5) is 0. The molecule has 0 unspecified atom stereocenters. The average molecular weight is 405 g/mol. The third kappa shape index (κ3) is 7.04. The van der Waals surface area contributed by atoms with Crippen molar-refractivity contribution in [3.63, 3.8) is 0 Å². The summed E-state index contributed by atoms with van der Waals surface area (Å²) in [5.74, 6) is -2.06. The summed E-state index contributed by atoms with van der Waals surface area (Å²) in [5.41, 5.74) is 0. The highest BCUT2D eigenvalue weighted by atomic mass is 19.2. The van der Waals surface area contributed by atoms with E-state index in [-0.39, 0.29) is 18.8 Å². The molecule has 0 aromatic heterocycles. The van der Waals surface area contributed by atoms with Crippen LogP contribution in [0.5, 0.6) is 0 Å². The van der Waals surface area contributed by atoms with E-state index >= 15 is 0 Å². The Kier molecular flexibility index (Phi) is 9.73. The van der Waals surface area contributed by atoms with Gasteiger partial charge in [0.05, 0.1) is 6.67 Å². The Labute approximate surface area is 165 Å². The zero-order valence-electron chi connectivity index (χ0n) is 16.8. The van der Waals surface area contributed by atoms with Crippen LogP contribution in [0, 0.1) is 46.9 Å². The predicted octanol–water partition coefficient (Wildman–Crippen LogP) is 8.00. The van der Waals surface area contributed by atoms with Gasteiger partial charge in [-0.05, 0) is 55.8 Å². The molecule has 2 aliphatic carbocycles. The summed E-state index contributed by atoms with van der Waals surface area (Å²) in [6.07, 6.45) is 15.0. The van der Waals surface area contributed by atoms with E-state index in [2.05, 4.69) is 6.92 Å². The molecule has 0 atom stereocenters. The molecule has 2 saturated carbocycles. The predicted molar refractivity (Wildman–Crippen MR) is 103 cm³/mol. The number of rotatable bonds is 5. The summed E-state index contributed by atoms with van der Waals surface area (Å²) in [6, 6.07) is 0.552. The van der Waals surface area contributed by atoms with E-state index in [9.17, 15) is 22.0 Å². The quantitative estimate of drug-likeness (QED) is 0.265. The lowest BCUT2D eigenvalue weighted by Crippen LogP contribution is -2.26. The first kappa shape index (κ1) is 23.2. The molecule has 2 fully saturated rings. The Balaban J connectivity index is 0.000000237. The van der Waals surface area contributed by atoms with E-state index in [1.54, 1.807) is 0 Å². The fourth-order valence-electron chi connectivity index (χ4n) is 4.98. The van der Waals surface area contributed by atoms with E-state index in [1.165, 1.54) is 64.2 Å². The van der Waals surface area contributed by atoms with Crippen molar-refractivity contribution in [3.8, 4) is 0 Å². The lowest BCUT2D eigenvalue weighted by atomic mass is 9.68. The van der Waals surface area contributed by atoms with Crippen LogP contribution in [0.3, 0.4) is 0 Å². The molecule has 1 aromatic carbocycles. The molecular formula is C23H33F5. The monoisotopic (exact) mass is 404 g/mol. The number of hydrogen-bond donors (Lipinski definition) is 0. The Morgan fingerprint density at radius 2 is 1.14 bits per heavy atom. The zero-order chi connectivity index (χ0) is 20.5. The first-order chi connectivity index (χ1) is 13.4. The minimum atomic E-state index is -1.65. The van der Waals surface area contributed by atoms with E-state index in [4.69, 9.17) is 0 Å². The number of hydrogen-bond acceptors (Lipinski definition) is 0. The van der Waals surface area contributed by atoms with Gasteiger partial charge in [-0.25, -0.2) is 17.6 Å². The van der Waals surface area contributed by atoms with Gasteiger partial charge in [-0.1, -0.05) is 45.4 Å². The van der Waals surface area contributed by atoms with Gasteiger partial charge >= 0.3 is 0 Å². The minimum Gasteiger partial charge on any atom is -0.251 e. The lowest BCUT2D eigenvalue weighted by molar-refractivity contribution is 0.138. The SMILES string of the molecule is CCCC1CCC(C2CCC(CCF)CC2)CC1.Fc1cc(F)c(F)c(F)c1. The molecule has 0 aliphatic heterocycles. The molecule has 0 radical (unpaired) electrons. The summed E-state index contributed by atoms with van der Waals surface area (Å²) >= 11 is 0. The van der Waals surface area contributed by atoms with E-state index in [0.29, 0.717) is 5.92 Å². The summed E-state index contributed by atoms with van der Waals surface area (Å²) < 4.78 is 60.3. The van der Waals surface area contributed by atoms with E-state index in [1.807, 2.05) is 0 Å². The normalized spacial score (nSPS) is 27.8. The minimum absolute atomic E-state index is 0.0997. The van der Waals surface area contributed by atoms with Gasteiger partial charge in [0.1, 0.15) is 5.82 Å².